The van der Waals surface area contributed by atoms with E-state index in [1.807, 2.05) is 12.2 Å². The number of hydrogen-bond acceptors (Lipinski definition) is 6. The maximum Gasteiger partial charge on any atom is 0.306 e. The highest BCUT2D eigenvalue weighted by Gasteiger charge is 2.19. The van der Waals surface area contributed by atoms with Gasteiger partial charge in [0.05, 0.1) is 0 Å². The first-order chi connectivity index (χ1) is 31.0. The van der Waals surface area contributed by atoms with Crippen LogP contribution in [0.1, 0.15) is 239 Å². The summed E-state index contributed by atoms with van der Waals surface area (Å²) in [4.78, 5) is 37.9. The van der Waals surface area contributed by atoms with E-state index in [0.29, 0.717) is 19.3 Å². The van der Waals surface area contributed by atoms with E-state index in [-0.39, 0.29) is 31.6 Å². The van der Waals surface area contributed by atoms with Gasteiger partial charge < -0.3 is 14.2 Å². The molecular formula is C57H96O6. The summed E-state index contributed by atoms with van der Waals surface area (Å²) in [5.41, 5.74) is 0. The molecule has 0 aromatic heterocycles. The number of esters is 3. The van der Waals surface area contributed by atoms with E-state index in [1.54, 1.807) is 0 Å². The van der Waals surface area contributed by atoms with Crippen molar-refractivity contribution in [3.05, 3.63) is 85.1 Å². The van der Waals surface area contributed by atoms with Gasteiger partial charge in [0.2, 0.25) is 0 Å². The van der Waals surface area contributed by atoms with Crippen molar-refractivity contribution in [1.82, 2.24) is 0 Å². The Morgan fingerprint density at radius 3 is 1.05 bits per heavy atom. The molecule has 6 heteroatoms. The minimum absolute atomic E-state index is 0.111. The van der Waals surface area contributed by atoms with Gasteiger partial charge in [-0.15, -0.1) is 0 Å². The molecule has 0 rings (SSSR count). The summed E-state index contributed by atoms with van der Waals surface area (Å²) in [6, 6.07) is 0. The van der Waals surface area contributed by atoms with Crippen LogP contribution < -0.4 is 0 Å². The molecule has 0 amide bonds. The standard InChI is InChI=1S/C57H96O6/c1-4-7-10-13-16-19-22-24-26-27-28-29-31-33-36-39-42-45-48-51-57(60)63-54(52-61-55(58)49-46-43-40-37-34-21-18-15-12-9-6-3)53-62-56(59)50-47-44-41-38-35-32-30-25-23-20-17-14-11-8-5-2/h15-16,18-20,23-24,26,28-29,33,36,42,45,54H,4-14,17,21-22,25,27,30-32,34-35,37-41,43-44,46-53H2,1-3H3/b18-15-,19-16-,23-20-,26-24-,29-28-,36-33-,45-42-/t54-/m0/s1. The van der Waals surface area contributed by atoms with Crippen LogP contribution in [0, 0.1) is 0 Å². The van der Waals surface area contributed by atoms with Crippen LogP contribution in [0.4, 0.5) is 0 Å². The fraction of sp³-hybridized carbons (Fsp3) is 0.702. The molecule has 0 aliphatic heterocycles. The largest absolute Gasteiger partial charge is 0.462 e. The zero-order valence-electron chi connectivity index (χ0n) is 41.1. The van der Waals surface area contributed by atoms with Crippen LogP contribution in [0.5, 0.6) is 0 Å². The molecule has 360 valence electrons. The summed E-state index contributed by atoms with van der Waals surface area (Å²) in [5.74, 6) is -1.01. The lowest BCUT2D eigenvalue weighted by molar-refractivity contribution is -0.166. The Morgan fingerprint density at radius 1 is 0.317 bits per heavy atom. The van der Waals surface area contributed by atoms with Crippen LogP contribution in [0.3, 0.4) is 0 Å². The lowest BCUT2D eigenvalue weighted by atomic mass is 10.1. The van der Waals surface area contributed by atoms with Gasteiger partial charge in [-0.25, -0.2) is 0 Å². The molecule has 0 aromatic rings. The molecule has 0 aliphatic carbocycles. The SMILES string of the molecule is CCCC/C=C\CCCCCCCC(=O)OC[C@@H](COC(=O)CCCCCCCCC/C=C\CCCCCC)OC(=O)CC/C=C\C/C=C\C/C=C\C/C=C\C/C=C\CCCCC. The first-order valence-electron chi connectivity index (χ1n) is 26.1. The van der Waals surface area contributed by atoms with Gasteiger partial charge in [0.25, 0.3) is 0 Å². The predicted octanol–water partition coefficient (Wildman–Crippen LogP) is 17.2. The highest BCUT2D eigenvalue weighted by atomic mass is 16.6. The van der Waals surface area contributed by atoms with Crippen LogP contribution in [0.2, 0.25) is 0 Å². The average molecular weight is 877 g/mol. The summed E-state index contributed by atoms with van der Waals surface area (Å²) in [6.07, 6.45) is 65.8. The maximum atomic E-state index is 12.8. The molecule has 0 aromatic carbocycles. The molecule has 1 atom stereocenters. The van der Waals surface area contributed by atoms with E-state index >= 15 is 0 Å². The number of allylic oxidation sites excluding steroid dienone is 14. The Kier molecular flexibility index (Phi) is 48.5. The highest BCUT2D eigenvalue weighted by Crippen LogP contribution is 2.13. The first kappa shape index (κ1) is 59.6. The lowest BCUT2D eigenvalue weighted by Gasteiger charge is -2.18. The van der Waals surface area contributed by atoms with E-state index in [9.17, 15) is 14.4 Å². The van der Waals surface area contributed by atoms with Crippen LogP contribution in [-0.2, 0) is 28.6 Å². The highest BCUT2D eigenvalue weighted by molar-refractivity contribution is 5.71. The van der Waals surface area contributed by atoms with Crippen LogP contribution >= 0.6 is 0 Å². The Bertz CT molecular complexity index is 1240. The van der Waals surface area contributed by atoms with Crippen molar-refractivity contribution in [1.29, 1.82) is 0 Å². The quantitative estimate of drug-likeness (QED) is 0.0262. The van der Waals surface area contributed by atoms with Crippen LogP contribution in [0.15, 0.2) is 85.1 Å². The molecule has 0 spiro atoms. The van der Waals surface area contributed by atoms with Crippen molar-refractivity contribution in [2.24, 2.45) is 0 Å². The van der Waals surface area contributed by atoms with Gasteiger partial charge in [0.1, 0.15) is 13.2 Å². The Hall–Kier alpha value is -3.41. The smallest absolute Gasteiger partial charge is 0.306 e. The minimum Gasteiger partial charge on any atom is -0.462 e. The minimum atomic E-state index is -0.820. The summed E-state index contributed by atoms with van der Waals surface area (Å²) >= 11 is 0. The molecule has 6 nitrogen and oxygen atoms in total. The van der Waals surface area contributed by atoms with Gasteiger partial charge in [-0.2, -0.15) is 0 Å². The zero-order valence-corrected chi connectivity index (χ0v) is 41.1. The van der Waals surface area contributed by atoms with E-state index in [0.717, 1.165) is 77.0 Å². The first-order valence-corrected chi connectivity index (χ1v) is 26.1. The fourth-order valence-corrected chi connectivity index (χ4v) is 6.87. The molecule has 0 saturated carbocycles. The van der Waals surface area contributed by atoms with Gasteiger partial charge in [0, 0.05) is 19.3 Å². The molecule has 0 bridgehead atoms. The van der Waals surface area contributed by atoms with Crippen molar-refractivity contribution in [3.63, 3.8) is 0 Å². The summed E-state index contributed by atoms with van der Waals surface area (Å²) in [5, 5.41) is 0. The molecule has 0 radical (unpaired) electrons. The third-order valence-electron chi connectivity index (χ3n) is 10.9. The van der Waals surface area contributed by atoms with Gasteiger partial charge >= 0.3 is 17.9 Å². The Balaban J connectivity index is 4.51. The van der Waals surface area contributed by atoms with Crippen molar-refractivity contribution >= 4 is 17.9 Å². The van der Waals surface area contributed by atoms with Gasteiger partial charge in [-0.1, -0.05) is 202 Å². The number of carbonyl (C=O) groups is 3. The normalized spacial score (nSPS) is 12.7. The van der Waals surface area contributed by atoms with Gasteiger partial charge in [-0.3, -0.25) is 14.4 Å². The van der Waals surface area contributed by atoms with Crippen LogP contribution in [-0.4, -0.2) is 37.2 Å². The second kappa shape index (κ2) is 51.2. The van der Waals surface area contributed by atoms with E-state index in [2.05, 4.69) is 93.7 Å². The third kappa shape index (κ3) is 49.5. The average Bonchev–Trinajstić information content (AvgIpc) is 3.28. The van der Waals surface area contributed by atoms with Gasteiger partial charge in [-0.05, 0) is 103 Å². The maximum absolute atomic E-state index is 12.8. The number of rotatable bonds is 46. The van der Waals surface area contributed by atoms with Gasteiger partial charge in [0.15, 0.2) is 6.10 Å². The lowest BCUT2D eigenvalue weighted by Crippen LogP contribution is -2.30. The monoisotopic (exact) mass is 877 g/mol. The van der Waals surface area contributed by atoms with Crippen molar-refractivity contribution in [2.45, 2.75) is 245 Å². The zero-order chi connectivity index (χ0) is 45.8. The number of hydrogen-bond donors (Lipinski definition) is 0. The molecule has 0 fully saturated rings. The fourth-order valence-electron chi connectivity index (χ4n) is 6.87. The summed E-state index contributed by atoms with van der Waals surface area (Å²) in [7, 11) is 0. The molecule has 0 unspecified atom stereocenters. The number of ether oxygens (including phenoxy) is 3. The van der Waals surface area contributed by atoms with Crippen molar-refractivity contribution < 1.29 is 28.6 Å². The molecular weight excluding hydrogens is 781 g/mol. The van der Waals surface area contributed by atoms with Crippen molar-refractivity contribution in [3.8, 4) is 0 Å². The van der Waals surface area contributed by atoms with Crippen molar-refractivity contribution in [2.75, 3.05) is 13.2 Å². The Morgan fingerprint density at radius 2 is 0.619 bits per heavy atom. The predicted molar refractivity (Wildman–Crippen MR) is 270 cm³/mol. The second-order valence-electron chi connectivity index (χ2n) is 17.1. The third-order valence-corrected chi connectivity index (χ3v) is 10.9. The van der Waals surface area contributed by atoms with Crippen LogP contribution in [0.25, 0.3) is 0 Å². The number of unbranched alkanes of at least 4 members (excludes halogenated alkanes) is 21. The summed E-state index contributed by atoms with van der Waals surface area (Å²) < 4.78 is 16.7. The van der Waals surface area contributed by atoms with E-state index in [4.69, 9.17) is 14.2 Å². The summed E-state index contributed by atoms with van der Waals surface area (Å²) in [6.45, 7) is 6.48. The van der Waals surface area contributed by atoms with E-state index in [1.165, 1.54) is 116 Å². The Labute approximate surface area is 388 Å². The number of carbonyl (C=O) groups excluding carboxylic acids is 3. The molecule has 0 N–H and O–H groups in total. The molecule has 0 saturated heterocycles. The molecule has 0 aliphatic rings. The molecule has 63 heavy (non-hydrogen) atoms. The second-order valence-corrected chi connectivity index (χ2v) is 17.1. The topological polar surface area (TPSA) is 78.9 Å². The molecule has 0 heterocycles. The van der Waals surface area contributed by atoms with E-state index < -0.39 is 12.1 Å².